The Hall–Kier alpha value is -6.68. The van der Waals surface area contributed by atoms with Crippen molar-refractivity contribution in [2.75, 3.05) is 0 Å². The van der Waals surface area contributed by atoms with Crippen molar-refractivity contribution < 1.29 is 0 Å². The van der Waals surface area contributed by atoms with Crippen molar-refractivity contribution in [1.29, 1.82) is 0 Å². The van der Waals surface area contributed by atoms with E-state index in [4.69, 9.17) is 30.9 Å². The fourth-order valence-electron chi connectivity index (χ4n) is 9.83. The average Bonchev–Trinajstić information content (AvgIpc) is 3.96. The van der Waals surface area contributed by atoms with Crippen LogP contribution in [0.5, 0.6) is 0 Å². The molecule has 0 saturated carbocycles. The van der Waals surface area contributed by atoms with Crippen molar-refractivity contribution in [2.24, 2.45) is 30.9 Å². The summed E-state index contributed by atoms with van der Waals surface area (Å²) in [5.41, 5.74) is 16.5. The number of aromatic nitrogens is 4. The van der Waals surface area contributed by atoms with Gasteiger partial charge in [0.1, 0.15) is 0 Å². The van der Waals surface area contributed by atoms with Crippen LogP contribution in [0.1, 0.15) is 214 Å². The third-order valence-electron chi connectivity index (χ3n) is 13.6. The van der Waals surface area contributed by atoms with Crippen LogP contribution < -0.4 is 11.2 Å². The van der Waals surface area contributed by atoms with Gasteiger partial charge in [0, 0.05) is 30.4 Å². The number of nitrogens with zero attached hydrogens (tertiary/aromatic N) is 10. The van der Waals surface area contributed by atoms with Crippen molar-refractivity contribution in [3.05, 3.63) is 189 Å². The minimum atomic E-state index is -0.843. The maximum atomic E-state index is 5.10. The highest BCUT2D eigenvalue weighted by molar-refractivity contribution is 5.56. The topological polar surface area (TPSA) is 93.9 Å². The summed E-state index contributed by atoms with van der Waals surface area (Å²) in [6.07, 6.45) is 7.67. The zero-order valence-electron chi connectivity index (χ0n) is 45.3. The van der Waals surface area contributed by atoms with E-state index in [1.165, 1.54) is 44.5 Å². The maximum Gasteiger partial charge on any atom is 0.240 e. The quantitative estimate of drug-likeness (QED) is 0.0642. The van der Waals surface area contributed by atoms with E-state index in [0.29, 0.717) is 11.2 Å². The smallest absolute Gasteiger partial charge is 0.240 e. The van der Waals surface area contributed by atoms with Gasteiger partial charge in [-0.05, 0) is 102 Å². The first-order chi connectivity index (χ1) is 33.9. The molecule has 5 aromatic carbocycles. The van der Waals surface area contributed by atoms with E-state index in [-0.39, 0.29) is 47.3 Å². The van der Waals surface area contributed by atoms with Gasteiger partial charge in [-0.15, -0.1) is 10.2 Å². The monoisotopic (exact) mass is 951 g/mol. The van der Waals surface area contributed by atoms with Crippen LogP contribution in [0.15, 0.2) is 159 Å². The highest BCUT2D eigenvalue weighted by Gasteiger charge is 2.24. The van der Waals surface area contributed by atoms with Gasteiger partial charge >= 0.3 is 0 Å². The second kappa shape index (κ2) is 22.6. The standard InChI is InChI=1S/C61H78N10/c1-38(2)47-26-20-27-48(39(3)4)55(47)68-34-35-69(56-49(40(5)6)28-21-29-50(56)41(7)8)60(68)64-66-62-59(46-24-18-17-19-25-46)63-67-65-61-70(57-51(42(9)10)30-22-31-52(57)43(11)12)36-37-71(61)58-53(44(13)14)32-23-33-54(58)45(15)16/h17-45,59H,1-16H3/b66-62+,67-63+. The van der Waals surface area contributed by atoms with Gasteiger partial charge in [0.25, 0.3) is 0 Å². The summed E-state index contributed by atoms with van der Waals surface area (Å²) >= 11 is 0. The zero-order chi connectivity index (χ0) is 51.3. The molecule has 2 aromatic heterocycles. The molecule has 0 N–H and O–H groups in total. The minimum absolute atomic E-state index is 0.265. The van der Waals surface area contributed by atoms with Crippen LogP contribution in [0.2, 0.25) is 0 Å². The Bertz CT molecular complexity index is 2660. The van der Waals surface area contributed by atoms with E-state index in [1.807, 2.05) is 30.3 Å². The summed E-state index contributed by atoms with van der Waals surface area (Å²) in [5.74, 6) is 2.12. The summed E-state index contributed by atoms with van der Waals surface area (Å²) in [4.78, 5) is 0. The molecule has 10 nitrogen and oxygen atoms in total. The molecule has 0 atom stereocenters. The van der Waals surface area contributed by atoms with E-state index >= 15 is 0 Å². The first kappa shape index (κ1) is 52.2. The summed E-state index contributed by atoms with van der Waals surface area (Å²) in [6.45, 7) is 36.0. The molecule has 0 aliphatic heterocycles. The molecule has 0 saturated heterocycles. The molecule has 0 bridgehead atoms. The Balaban J connectivity index is 1.49. The molecule has 0 radical (unpaired) electrons. The summed E-state index contributed by atoms with van der Waals surface area (Å²) in [5, 5.41) is 29.5. The summed E-state index contributed by atoms with van der Waals surface area (Å²) < 4.78 is 8.81. The minimum Gasteiger partial charge on any atom is -0.284 e. The Morgan fingerprint density at radius 1 is 0.282 bits per heavy atom. The van der Waals surface area contributed by atoms with Gasteiger partial charge in [-0.2, -0.15) is 0 Å². The predicted molar refractivity (Wildman–Crippen MR) is 293 cm³/mol. The van der Waals surface area contributed by atoms with Gasteiger partial charge in [0.05, 0.1) is 22.7 Å². The van der Waals surface area contributed by atoms with Crippen LogP contribution in [-0.2, 0) is 0 Å². The molecule has 2 heterocycles. The highest BCUT2D eigenvalue weighted by Crippen LogP contribution is 2.36. The van der Waals surface area contributed by atoms with Crippen LogP contribution in [0.3, 0.4) is 0 Å². The van der Waals surface area contributed by atoms with Gasteiger partial charge in [-0.1, -0.05) is 224 Å². The maximum absolute atomic E-state index is 5.10. The Morgan fingerprint density at radius 2 is 0.507 bits per heavy atom. The lowest BCUT2D eigenvalue weighted by atomic mass is 9.92. The number of imidazole rings is 2. The number of hydrogen-bond acceptors (Lipinski definition) is 4. The molecule has 0 aliphatic carbocycles. The van der Waals surface area contributed by atoms with Crippen LogP contribution in [0, 0.1) is 0 Å². The van der Waals surface area contributed by atoms with Crippen molar-refractivity contribution in [2.45, 2.75) is 164 Å². The molecular weight excluding hydrogens is 873 g/mol. The van der Waals surface area contributed by atoms with E-state index < -0.39 is 6.17 Å². The zero-order valence-corrected chi connectivity index (χ0v) is 45.3. The number of rotatable bonds is 17. The lowest BCUT2D eigenvalue weighted by molar-refractivity contribution is 0.635. The molecule has 0 spiro atoms. The third kappa shape index (κ3) is 11.0. The number of benzene rings is 5. The second-order valence-electron chi connectivity index (χ2n) is 21.4. The third-order valence-corrected chi connectivity index (χ3v) is 13.6. The fourth-order valence-corrected chi connectivity index (χ4v) is 9.83. The van der Waals surface area contributed by atoms with Gasteiger partial charge in [-0.3, -0.25) is 18.3 Å². The number of hydrogen-bond donors (Lipinski definition) is 0. The lowest BCUT2D eigenvalue weighted by Crippen LogP contribution is -2.27. The highest BCUT2D eigenvalue weighted by atomic mass is 15.5. The van der Waals surface area contributed by atoms with Crippen LogP contribution in [-0.4, -0.2) is 18.3 Å². The van der Waals surface area contributed by atoms with Crippen LogP contribution >= 0.6 is 0 Å². The molecule has 372 valence electrons. The molecular formula is C61H78N10. The summed E-state index contributed by atoms with van der Waals surface area (Å²) in [6, 6.07) is 36.5. The van der Waals surface area contributed by atoms with E-state index in [2.05, 4.69) is 227 Å². The Morgan fingerprint density at radius 3 is 0.718 bits per heavy atom. The van der Waals surface area contributed by atoms with Gasteiger partial charge in [0.2, 0.25) is 17.4 Å². The van der Waals surface area contributed by atoms with Crippen LogP contribution in [0.4, 0.5) is 0 Å². The van der Waals surface area contributed by atoms with E-state index in [1.54, 1.807) is 0 Å². The van der Waals surface area contributed by atoms with Gasteiger partial charge in [0.15, 0.2) is 0 Å². The second-order valence-corrected chi connectivity index (χ2v) is 21.4. The Labute approximate surface area is 423 Å². The van der Waals surface area contributed by atoms with Crippen molar-refractivity contribution in [1.82, 2.24) is 18.3 Å². The molecule has 0 unspecified atom stereocenters. The van der Waals surface area contributed by atoms with Crippen molar-refractivity contribution >= 4 is 0 Å². The first-order valence-corrected chi connectivity index (χ1v) is 26.0. The van der Waals surface area contributed by atoms with Gasteiger partial charge in [-0.25, -0.2) is 0 Å². The Kier molecular flexibility index (Phi) is 16.6. The fraction of sp³-hybridized carbons (Fsp3) is 0.410. The van der Waals surface area contributed by atoms with Crippen molar-refractivity contribution in [3.63, 3.8) is 0 Å². The average molecular weight is 951 g/mol. The van der Waals surface area contributed by atoms with Crippen molar-refractivity contribution in [3.8, 4) is 22.7 Å². The number of para-hydroxylation sites is 4. The van der Waals surface area contributed by atoms with Gasteiger partial charge < -0.3 is 0 Å². The van der Waals surface area contributed by atoms with E-state index in [0.717, 1.165) is 28.3 Å². The molecule has 0 aliphatic rings. The molecule has 7 aromatic rings. The molecule has 7 rings (SSSR count). The first-order valence-electron chi connectivity index (χ1n) is 26.0. The molecule has 71 heavy (non-hydrogen) atoms. The van der Waals surface area contributed by atoms with E-state index in [9.17, 15) is 0 Å². The lowest BCUT2D eigenvalue weighted by Gasteiger charge is -2.22. The largest absolute Gasteiger partial charge is 0.284 e. The SMILES string of the molecule is CC(C)c1cccc(C(C)C)c1-n1ccn(-c2c(C(C)C)cccc2C(C)C)c1=N/N=N/C(/N=N/N=c1n(-c2c(C(C)C)cccc2C(C)C)ccn1-c1c(C(C)C)cccc1C(C)C)c1ccccc1. The normalized spacial score (nSPS) is 12.4. The van der Waals surface area contributed by atoms with Crippen LogP contribution in [0.25, 0.3) is 22.7 Å². The molecule has 0 amide bonds. The summed E-state index contributed by atoms with van der Waals surface area (Å²) in [7, 11) is 0. The molecule has 10 heteroatoms. The predicted octanol–water partition coefficient (Wildman–Crippen LogP) is 16.8. The molecule has 0 fully saturated rings.